The molecule has 0 aliphatic carbocycles. The van der Waals surface area contributed by atoms with E-state index in [0.717, 1.165) is 5.56 Å². The second kappa shape index (κ2) is 5.73. The lowest BCUT2D eigenvalue weighted by molar-refractivity contribution is -0.122. The Balaban J connectivity index is 2.44. The van der Waals surface area contributed by atoms with Gasteiger partial charge in [-0.3, -0.25) is 4.79 Å². The molecule has 0 aliphatic heterocycles. The first-order valence-electron chi connectivity index (χ1n) is 4.65. The van der Waals surface area contributed by atoms with Gasteiger partial charge in [-0.25, -0.2) is 0 Å². The molecule has 0 atom stereocenters. The van der Waals surface area contributed by atoms with Crippen molar-refractivity contribution in [3.05, 3.63) is 28.8 Å². The zero-order valence-electron chi connectivity index (χ0n) is 8.50. The van der Waals surface area contributed by atoms with E-state index in [1.54, 1.807) is 12.1 Å². The van der Waals surface area contributed by atoms with Crippen LogP contribution in [-0.2, 0) is 4.79 Å². The fourth-order valence-corrected chi connectivity index (χ4v) is 1.19. The highest BCUT2D eigenvalue weighted by Gasteiger charge is 2.01. The van der Waals surface area contributed by atoms with E-state index in [0.29, 0.717) is 10.8 Å². The molecule has 0 aliphatic rings. The van der Waals surface area contributed by atoms with Crippen molar-refractivity contribution in [3.8, 4) is 5.75 Å². The lowest BCUT2D eigenvalue weighted by atomic mass is 10.2. The monoisotopic (exact) mass is 228 g/mol. The average molecular weight is 229 g/mol. The first-order chi connectivity index (χ1) is 7.13. The fourth-order valence-electron chi connectivity index (χ4n) is 1.07. The predicted octanol–water partition coefficient (Wildman–Crippen LogP) is 1.98. The number of carbonyl (C=O) groups excluding carboxylic acids is 1. The third-order valence-electron chi connectivity index (χ3n) is 1.96. The van der Waals surface area contributed by atoms with E-state index >= 15 is 0 Å². The minimum absolute atomic E-state index is 0.220. The number of Topliss-reactive ketones (excluding diaryl/α,β-unsaturated/α-hetero) is 1. The Hall–Kier alpha value is -1.06. The standard InChI is InChI=1S/C11H13ClO3/c1-8-6-10(2-3-11(8)12)15-5-4-9(14)7-13/h2-3,6,13H,4-5,7H2,1H3. The summed E-state index contributed by atoms with van der Waals surface area (Å²) in [4.78, 5) is 10.8. The van der Waals surface area contributed by atoms with Gasteiger partial charge in [0.05, 0.1) is 6.61 Å². The van der Waals surface area contributed by atoms with Crippen LogP contribution in [0.3, 0.4) is 0 Å². The van der Waals surface area contributed by atoms with Gasteiger partial charge >= 0.3 is 0 Å². The third-order valence-corrected chi connectivity index (χ3v) is 2.38. The maximum atomic E-state index is 10.8. The summed E-state index contributed by atoms with van der Waals surface area (Å²) in [6.45, 7) is 1.73. The van der Waals surface area contributed by atoms with Crippen LogP contribution in [0.5, 0.6) is 5.75 Å². The summed E-state index contributed by atoms with van der Waals surface area (Å²) in [5.41, 5.74) is 0.933. The molecule has 0 fully saturated rings. The number of aliphatic hydroxyl groups excluding tert-OH is 1. The zero-order valence-corrected chi connectivity index (χ0v) is 9.25. The van der Waals surface area contributed by atoms with Crippen LogP contribution in [0, 0.1) is 6.92 Å². The molecule has 1 rings (SSSR count). The number of aryl methyl sites for hydroxylation is 1. The van der Waals surface area contributed by atoms with E-state index in [1.165, 1.54) is 0 Å². The highest BCUT2D eigenvalue weighted by atomic mass is 35.5. The number of hydrogen-bond acceptors (Lipinski definition) is 3. The van der Waals surface area contributed by atoms with Crippen LogP contribution in [0.15, 0.2) is 18.2 Å². The molecule has 4 heteroatoms. The first kappa shape index (κ1) is 12.0. The van der Waals surface area contributed by atoms with Crippen LogP contribution in [0.1, 0.15) is 12.0 Å². The topological polar surface area (TPSA) is 46.5 Å². The predicted molar refractivity (Wildman–Crippen MR) is 58.4 cm³/mol. The molecule has 0 saturated carbocycles. The molecule has 82 valence electrons. The van der Waals surface area contributed by atoms with E-state index in [4.69, 9.17) is 21.4 Å². The smallest absolute Gasteiger partial charge is 0.161 e. The normalized spacial score (nSPS) is 10.1. The second-order valence-corrected chi connectivity index (χ2v) is 3.61. The van der Waals surface area contributed by atoms with Crippen molar-refractivity contribution in [2.75, 3.05) is 13.2 Å². The second-order valence-electron chi connectivity index (χ2n) is 3.21. The van der Waals surface area contributed by atoms with E-state index in [-0.39, 0.29) is 18.8 Å². The Bertz CT molecular complexity index is 350. The molecule has 1 N–H and O–H groups in total. The molecule has 0 heterocycles. The van der Waals surface area contributed by atoms with Crippen molar-refractivity contribution in [3.63, 3.8) is 0 Å². The summed E-state index contributed by atoms with van der Waals surface area (Å²) in [6.07, 6.45) is 0.220. The van der Waals surface area contributed by atoms with Gasteiger partial charge in [-0.1, -0.05) is 11.6 Å². The molecule has 1 aromatic carbocycles. The van der Waals surface area contributed by atoms with E-state index < -0.39 is 6.61 Å². The number of ketones is 1. The van der Waals surface area contributed by atoms with Gasteiger partial charge in [0, 0.05) is 11.4 Å². The van der Waals surface area contributed by atoms with Gasteiger partial charge < -0.3 is 9.84 Å². The highest BCUT2D eigenvalue weighted by Crippen LogP contribution is 2.20. The van der Waals surface area contributed by atoms with E-state index in [1.807, 2.05) is 13.0 Å². The molecule has 1 aromatic rings. The number of aliphatic hydroxyl groups is 1. The first-order valence-corrected chi connectivity index (χ1v) is 5.03. The Labute approximate surface area is 93.6 Å². The van der Waals surface area contributed by atoms with Crippen molar-refractivity contribution < 1.29 is 14.6 Å². The molecule has 0 saturated heterocycles. The van der Waals surface area contributed by atoms with Crippen LogP contribution in [0.4, 0.5) is 0 Å². The number of carbonyl (C=O) groups is 1. The Morgan fingerprint density at radius 3 is 2.87 bits per heavy atom. The lowest BCUT2D eigenvalue weighted by Crippen LogP contribution is -2.09. The SMILES string of the molecule is Cc1cc(OCCC(=O)CO)ccc1Cl. The van der Waals surface area contributed by atoms with Crippen LogP contribution >= 0.6 is 11.6 Å². The number of ether oxygens (including phenoxy) is 1. The summed E-state index contributed by atoms with van der Waals surface area (Å²) >= 11 is 5.84. The van der Waals surface area contributed by atoms with Crippen molar-refractivity contribution in [2.45, 2.75) is 13.3 Å². The summed E-state index contributed by atoms with van der Waals surface area (Å²) in [6, 6.07) is 5.31. The van der Waals surface area contributed by atoms with Gasteiger partial charge in [0.1, 0.15) is 12.4 Å². The van der Waals surface area contributed by atoms with Crippen molar-refractivity contribution in [1.82, 2.24) is 0 Å². The minimum Gasteiger partial charge on any atom is -0.493 e. The van der Waals surface area contributed by atoms with Gasteiger partial charge in [-0.2, -0.15) is 0 Å². The molecule has 0 amide bonds. The van der Waals surface area contributed by atoms with E-state index in [9.17, 15) is 4.79 Å². The molecular formula is C11H13ClO3. The fraction of sp³-hybridized carbons (Fsp3) is 0.364. The quantitative estimate of drug-likeness (QED) is 0.838. The number of rotatable bonds is 5. The van der Waals surface area contributed by atoms with Gasteiger partial charge in [-0.05, 0) is 30.7 Å². The molecular weight excluding hydrogens is 216 g/mol. The Morgan fingerprint density at radius 2 is 2.27 bits per heavy atom. The summed E-state index contributed by atoms with van der Waals surface area (Å²) in [5.74, 6) is 0.461. The lowest BCUT2D eigenvalue weighted by Gasteiger charge is -2.06. The molecule has 3 nitrogen and oxygen atoms in total. The average Bonchev–Trinajstić information content (AvgIpc) is 2.23. The summed E-state index contributed by atoms with van der Waals surface area (Å²) in [5, 5.41) is 9.18. The van der Waals surface area contributed by atoms with Gasteiger partial charge in [0.25, 0.3) is 0 Å². The van der Waals surface area contributed by atoms with Crippen molar-refractivity contribution in [2.24, 2.45) is 0 Å². The Kier molecular flexibility index (Phi) is 4.59. The maximum Gasteiger partial charge on any atom is 0.161 e. The van der Waals surface area contributed by atoms with Crippen molar-refractivity contribution in [1.29, 1.82) is 0 Å². The van der Waals surface area contributed by atoms with Crippen LogP contribution in [0.25, 0.3) is 0 Å². The van der Waals surface area contributed by atoms with Gasteiger partial charge in [-0.15, -0.1) is 0 Å². The summed E-state index contributed by atoms with van der Waals surface area (Å²) in [7, 11) is 0. The minimum atomic E-state index is -0.428. The van der Waals surface area contributed by atoms with Crippen molar-refractivity contribution >= 4 is 17.4 Å². The Morgan fingerprint density at radius 1 is 1.53 bits per heavy atom. The summed E-state index contributed by atoms with van der Waals surface area (Å²) < 4.78 is 5.32. The third kappa shape index (κ3) is 3.90. The van der Waals surface area contributed by atoms with Gasteiger partial charge in [0.15, 0.2) is 5.78 Å². The van der Waals surface area contributed by atoms with Crippen LogP contribution in [0.2, 0.25) is 5.02 Å². The van der Waals surface area contributed by atoms with Gasteiger partial charge in [0.2, 0.25) is 0 Å². The molecule has 0 unspecified atom stereocenters. The molecule has 15 heavy (non-hydrogen) atoms. The molecule has 0 radical (unpaired) electrons. The number of benzene rings is 1. The number of halogens is 1. The highest BCUT2D eigenvalue weighted by molar-refractivity contribution is 6.31. The van der Waals surface area contributed by atoms with Crippen LogP contribution < -0.4 is 4.74 Å². The molecule has 0 spiro atoms. The largest absolute Gasteiger partial charge is 0.493 e. The maximum absolute atomic E-state index is 10.8. The van der Waals surface area contributed by atoms with Crippen LogP contribution in [-0.4, -0.2) is 24.1 Å². The zero-order chi connectivity index (χ0) is 11.3. The molecule has 0 aromatic heterocycles. The molecule has 0 bridgehead atoms. The number of hydrogen-bond donors (Lipinski definition) is 1. The van der Waals surface area contributed by atoms with E-state index in [2.05, 4.69) is 0 Å².